The Balaban J connectivity index is 1.94. The molecule has 0 spiro atoms. The van der Waals surface area contributed by atoms with Crippen molar-refractivity contribution < 1.29 is 17.7 Å². The molecule has 0 unspecified atom stereocenters. The summed E-state index contributed by atoms with van der Waals surface area (Å²) in [6, 6.07) is 7.80. The number of nitro groups is 1. The molecule has 1 aliphatic heterocycles. The lowest BCUT2D eigenvalue weighted by molar-refractivity contribution is -0.384. The third-order valence-electron chi connectivity index (χ3n) is 4.72. The topological polar surface area (TPSA) is 95.8 Å². The van der Waals surface area contributed by atoms with Gasteiger partial charge in [0, 0.05) is 37.9 Å². The molecule has 0 amide bonds. The second-order valence-electron chi connectivity index (χ2n) is 6.73. The number of sulfonamides is 1. The van der Waals surface area contributed by atoms with Crippen molar-refractivity contribution in [2.24, 2.45) is 0 Å². The van der Waals surface area contributed by atoms with Crippen LogP contribution in [0.2, 0.25) is 0 Å². The summed E-state index contributed by atoms with van der Waals surface area (Å²) in [7, 11) is -1.91. The van der Waals surface area contributed by atoms with Crippen LogP contribution in [0.3, 0.4) is 0 Å². The number of benzene rings is 2. The second-order valence-corrected chi connectivity index (χ2v) is 8.67. The minimum atomic E-state index is -3.82. The number of aryl methyl sites for hydroxylation is 1. The molecule has 1 N–H and O–H groups in total. The van der Waals surface area contributed by atoms with Crippen LogP contribution in [0.15, 0.2) is 41.3 Å². The van der Waals surface area contributed by atoms with E-state index in [1.54, 1.807) is 6.92 Å². The molecule has 2 aromatic rings. The van der Waals surface area contributed by atoms with Crippen molar-refractivity contribution in [3.05, 3.63) is 57.9 Å². The Morgan fingerprint density at radius 3 is 2.32 bits per heavy atom. The van der Waals surface area contributed by atoms with Gasteiger partial charge in [-0.25, -0.2) is 12.8 Å². The standard InChI is InChI=1S/C18H21FN4O4S/c1-13-11-14(19)3-5-16(13)20-17-6-4-15(12-18(17)23(24)25)28(26,27)22-9-7-21(2)8-10-22/h3-6,11-12,20H,7-10H2,1-2H3. The highest BCUT2D eigenvalue weighted by atomic mass is 32.2. The fraction of sp³-hybridized carbons (Fsp3) is 0.333. The SMILES string of the molecule is Cc1cc(F)ccc1Nc1ccc(S(=O)(=O)N2CCN(C)CC2)cc1[N+](=O)[O-]. The molecule has 0 radical (unpaired) electrons. The number of hydrogen-bond acceptors (Lipinski definition) is 6. The number of nitrogens with zero attached hydrogens (tertiary/aromatic N) is 3. The molecule has 1 fully saturated rings. The summed E-state index contributed by atoms with van der Waals surface area (Å²) >= 11 is 0. The Kier molecular flexibility index (Phi) is 5.64. The molecule has 1 aliphatic rings. The van der Waals surface area contributed by atoms with Gasteiger partial charge in [0.2, 0.25) is 10.0 Å². The smallest absolute Gasteiger partial charge is 0.294 e. The molecule has 0 aromatic heterocycles. The first-order valence-corrected chi connectivity index (χ1v) is 10.1. The average molecular weight is 408 g/mol. The maximum atomic E-state index is 13.3. The molecular weight excluding hydrogens is 387 g/mol. The van der Waals surface area contributed by atoms with Crippen molar-refractivity contribution >= 4 is 27.1 Å². The number of nitrogens with one attached hydrogen (secondary N) is 1. The lowest BCUT2D eigenvalue weighted by atomic mass is 10.2. The molecule has 8 nitrogen and oxygen atoms in total. The van der Waals surface area contributed by atoms with E-state index in [2.05, 4.69) is 5.32 Å². The van der Waals surface area contributed by atoms with Crippen molar-refractivity contribution in [2.45, 2.75) is 11.8 Å². The van der Waals surface area contributed by atoms with Crippen LogP contribution in [-0.2, 0) is 10.0 Å². The zero-order valence-electron chi connectivity index (χ0n) is 15.6. The lowest BCUT2D eigenvalue weighted by Crippen LogP contribution is -2.47. The molecule has 0 aliphatic carbocycles. The van der Waals surface area contributed by atoms with Gasteiger partial charge in [0.05, 0.1) is 9.82 Å². The van der Waals surface area contributed by atoms with Crippen molar-refractivity contribution in [2.75, 3.05) is 38.5 Å². The van der Waals surface area contributed by atoms with Gasteiger partial charge in [-0.2, -0.15) is 4.31 Å². The van der Waals surface area contributed by atoms with Crippen LogP contribution in [-0.4, -0.2) is 55.8 Å². The van der Waals surface area contributed by atoms with Crippen LogP contribution >= 0.6 is 0 Å². The highest BCUT2D eigenvalue weighted by Crippen LogP contribution is 2.32. The van der Waals surface area contributed by atoms with Gasteiger partial charge in [0.15, 0.2) is 0 Å². The predicted molar refractivity (Wildman–Crippen MR) is 104 cm³/mol. The van der Waals surface area contributed by atoms with E-state index in [1.807, 2.05) is 11.9 Å². The van der Waals surface area contributed by atoms with Crippen LogP contribution in [0, 0.1) is 22.9 Å². The minimum absolute atomic E-state index is 0.120. The Morgan fingerprint density at radius 1 is 1.07 bits per heavy atom. The van der Waals surface area contributed by atoms with Crippen LogP contribution < -0.4 is 5.32 Å². The summed E-state index contributed by atoms with van der Waals surface area (Å²) < 4.78 is 40.3. The summed E-state index contributed by atoms with van der Waals surface area (Å²) in [5, 5.41) is 14.4. The van der Waals surface area contributed by atoms with Gasteiger partial charge < -0.3 is 10.2 Å². The van der Waals surface area contributed by atoms with Crippen molar-refractivity contribution in [1.82, 2.24) is 9.21 Å². The molecule has 10 heteroatoms. The number of hydrogen-bond donors (Lipinski definition) is 1. The van der Waals surface area contributed by atoms with E-state index >= 15 is 0 Å². The third-order valence-corrected chi connectivity index (χ3v) is 6.62. The van der Waals surface area contributed by atoms with Gasteiger partial charge in [-0.3, -0.25) is 10.1 Å². The monoisotopic (exact) mass is 408 g/mol. The highest BCUT2D eigenvalue weighted by molar-refractivity contribution is 7.89. The van der Waals surface area contributed by atoms with E-state index < -0.39 is 20.8 Å². The Bertz CT molecular complexity index is 1000. The Labute approximate surface area is 162 Å². The zero-order chi connectivity index (χ0) is 20.5. The van der Waals surface area contributed by atoms with Crippen LogP contribution in [0.5, 0.6) is 0 Å². The van der Waals surface area contributed by atoms with Crippen LogP contribution in [0.25, 0.3) is 0 Å². The number of likely N-dealkylation sites (N-methyl/N-ethyl adjacent to an activating group) is 1. The molecular formula is C18H21FN4O4S. The van der Waals surface area contributed by atoms with Crippen molar-refractivity contribution in [3.63, 3.8) is 0 Å². The van der Waals surface area contributed by atoms with Gasteiger partial charge >= 0.3 is 0 Å². The molecule has 0 saturated carbocycles. The number of nitro benzene ring substituents is 1. The minimum Gasteiger partial charge on any atom is -0.350 e. The van der Waals surface area contributed by atoms with Crippen molar-refractivity contribution in [1.29, 1.82) is 0 Å². The maximum absolute atomic E-state index is 13.3. The van der Waals surface area contributed by atoms with E-state index in [9.17, 15) is 22.9 Å². The number of rotatable bonds is 5. The highest BCUT2D eigenvalue weighted by Gasteiger charge is 2.29. The molecule has 150 valence electrons. The van der Waals surface area contributed by atoms with Gasteiger partial charge in [-0.15, -0.1) is 0 Å². The molecule has 3 rings (SSSR count). The fourth-order valence-electron chi connectivity index (χ4n) is 3.02. The molecule has 0 atom stereocenters. The quantitative estimate of drug-likeness (QED) is 0.604. The van der Waals surface area contributed by atoms with E-state index in [4.69, 9.17) is 0 Å². The third kappa shape index (κ3) is 4.13. The van der Waals surface area contributed by atoms with Crippen LogP contribution in [0.4, 0.5) is 21.5 Å². The number of anilines is 2. The van der Waals surface area contributed by atoms with E-state index in [0.29, 0.717) is 37.4 Å². The second kappa shape index (κ2) is 7.82. The lowest BCUT2D eigenvalue weighted by Gasteiger charge is -2.31. The van der Waals surface area contributed by atoms with Gasteiger partial charge in [-0.05, 0) is 49.9 Å². The first-order valence-electron chi connectivity index (χ1n) is 8.69. The largest absolute Gasteiger partial charge is 0.350 e. The molecule has 28 heavy (non-hydrogen) atoms. The molecule has 1 saturated heterocycles. The predicted octanol–water partition coefficient (Wildman–Crippen LogP) is 2.72. The normalized spacial score (nSPS) is 16.1. The van der Waals surface area contributed by atoms with E-state index in [-0.39, 0.29) is 16.3 Å². The Morgan fingerprint density at radius 2 is 1.71 bits per heavy atom. The first-order chi connectivity index (χ1) is 13.2. The summed E-state index contributed by atoms with van der Waals surface area (Å²) in [6.07, 6.45) is 0. The summed E-state index contributed by atoms with van der Waals surface area (Å²) in [5.74, 6) is -0.411. The van der Waals surface area contributed by atoms with Gasteiger partial charge in [0.25, 0.3) is 5.69 Å². The summed E-state index contributed by atoms with van der Waals surface area (Å²) in [6.45, 7) is 3.54. The first kappa shape index (κ1) is 20.2. The Hall–Kier alpha value is -2.56. The molecule has 1 heterocycles. The van der Waals surface area contributed by atoms with Crippen molar-refractivity contribution in [3.8, 4) is 0 Å². The summed E-state index contributed by atoms with van der Waals surface area (Å²) in [4.78, 5) is 12.8. The molecule has 0 bridgehead atoms. The zero-order valence-corrected chi connectivity index (χ0v) is 16.4. The number of halogens is 1. The fourth-order valence-corrected chi connectivity index (χ4v) is 4.46. The summed E-state index contributed by atoms with van der Waals surface area (Å²) in [5.41, 5.74) is 0.846. The van der Waals surface area contributed by atoms with Gasteiger partial charge in [0.1, 0.15) is 11.5 Å². The van der Waals surface area contributed by atoms with E-state index in [0.717, 1.165) is 6.07 Å². The van der Waals surface area contributed by atoms with E-state index in [1.165, 1.54) is 34.6 Å². The molecule has 2 aromatic carbocycles. The van der Waals surface area contributed by atoms with Crippen LogP contribution in [0.1, 0.15) is 5.56 Å². The van der Waals surface area contributed by atoms with Gasteiger partial charge in [-0.1, -0.05) is 0 Å². The maximum Gasteiger partial charge on any atom is 0.294 e. The number of piperazine rings is 1. The average Bonchev–Trinajstić information content (AvgIpc) is 2.64.